The molecule has 1 aliphatic heterocycles. The van der Waals surface area contributed by atoms with Gasteiger partial charge >= 0.3 is 5.97 Å². The van der Waals surface area contributed by atoms with Crippen LogP contribution in [0.25, 0.3) is 0 Å². The van der Waals surface area contributed by atoms with Crippen molar-refractivity contribution >= 4 is 53.0 Å². The molecule has 8 unspecified atom stereocenters. The van der Waals surface area contributed by atoms with Crippen LogP contribution in [0.2, 0.25) is 0 Å². The molecule has 19 heteroatoms. The summed E-state index contributed by atoms with van der Waals surface area (Å²) >= 11 is 0. The number of Topliss-reactive ketones (excluding diaryl/α,β-unsaturated/α-hetero) is 1. The van der Waals surface area contributed by atoms with Crippen molar-refractivity contribution in [3.8, 4) is 0 Å². The van der Waals surface area contributed by atoms with Crippen LogP contribution >= 0.6 is 0 Å². The Balaban J connectivity index is 3.16. The van der Waals surface area contributed by atoms with Gasteiger partial charge in [0.05, 0.1) is 25.0 Å². The van der Waals surface area contributed by atoms with Gasteiger partial charge in [0.2, 0.25) is 35.4 Å². The molecule has 0 radical (unpaired) electrons. The van der Waals surface area contributed by atoms with E-state index in [1.807, 2.05) is 0 Å². The highest BCUT2D eigenvalue weighted by atomic mass is 16.5. The number of nitrogens with two attached hydrogens (primary N) is 2. The van der Waals surface area contributed by atoms with Crippen molar-refractivity contribution in [1.82, 2.24) is 26.6 Å². The molecule has 0 aromatic heterocycles. The van der Waals surface area contributed by atoms with Gasteiger partial charge in [-0.3, -0.25) is 38.6 Å². The average molecular weight is 881 g/mol. The molecule has 354 valence electrons. The summed E-state index contributed by atoms with van der Waals surface area (Å²) in [5, 5.41) is 33.2. The first-order chi connectivity index (χ1) is 29.2. The number of cyclic esters (lactones) is 1. The molecule has 1 heterocycles. The molecular formula is C43H76N8O11. The molecule has 0 bridgehead atoms. The fraction of sp³-hybridized carbons (Fsp3) is 0.791. The summed E-state index contributed by atoms with van der Waals surface area (Å²) in [6.45, 7) is 11.0. The number of carbonyl (C=O) groups is 8. The van der Waals surface area contributed by atoms with E-state index in [1.165, 1.54) is 26.7 Å². The highest BCUT2D eigenvalue weighted by molar-refractivity contribution is 5.97. The molecule has 11 N–H and O–H groups in total. The van der Waals surface area contributed by atoms with E-state index < -0.39 is 120 Å². The van der Waals surface area contributed by atoms with E-state index in [2.05, 4.69) is 31.6 Å². The van der Waals surface area contributed by atoms with Crippen molar-refractivity contribution in [3.63, 3.8) is 0 Å². The van der Waals surface area contributed by atoms with Gasteiger partial charge < -0.3 is 53.0 Å². The minimum Gasteiger partial charge on any atom is -0.458 e. The molecule has 0 aromatic carbocycles. The summed E-state index contributed by atoms with van der Waals surface area (Å²) < 4.78 is 5.59. The number of nitrogens with one attached hydrogen (secondary N) is 5. The first kappa shape index (κ1) is 55.4. The van der Waals surface area contributed by atoms with Gasteiger partial charge in [-0.1, -0.05) is 85.5 Å². The minimum absolute atomic E-state index is 0.305. The van der Waals surface area contributed by atoms with Crippen LogP contribution in [0.5, 0.6) is 0 Å². The number of aliphatic hydroxyl groups excluding tert-OH is 2. The number of primary amides is 1. The summed E-state index contributed by atoms with van der Waals surface area (Å²) in [5.41, 5.74) is 10.8. The lowest BCUT2D eigenvalue weighted by molar-refractivity contribution is -0.155. The van der Waals surface area contributed by atoms with Gasteiger partial charge in [0.25, 0.3) is 0 Å². The van der Waals surface area contributed by atoms with Crippen molar-refractivity contribution in [1.29, 1.82) is 0 Å². The molecule has 8 atom stereocenters. The monoisotopic (exact) mass is 881 g/mol. The van der Waals surface area contributed by atoms with Crippen molar-refractivity contribution in [2.45, 2.75) is 187 Å². The molecule has 19 nitrogen and oxygen atoms in total. The van der Waals surface area contributed by atoms with E-state index in [4.69, 9.17) is 16.2 Å². The summed E-state index contributed by atoms with van der Waals surface area (Å²) in [4.78, 5) is 110. The van der Waals surface area contributed by atoms with Gasteiger partial charge in [0.15, 0.2) is 5.78 Å². The van der Waals surface area contributed by atoms with E-state index in [9.17, 15) is 48.6 Å². The van der Waals surface area contributed by atoms with Crippen molar-refractivity contribution < 1.29 is 53.3 Å². The number of nitrogens with zero attached hydrogens (tertiary/aromatic N) is 1. The molecule has 1 saturated heterocycles. The standard InChI is InChI=1S/C43H76N8O11/c1-25(2)31-23-34(54)38(50-36(56)22-30(53)18-16-14-12-10-8-9-11-13-15-17-21-46-29(7)44)28(6)62-43(61)27(5)47-40(58)32(19-20-35(45)55)48-41(59)33(24-52)49-42(60)37(26(3)4)51-39(31)57/h25-28,30-33,37-38,52-53H,8-24H2,1-7H3,(H2,44,46)(H2,45,55)(H,47,58)(H,48,59)(H,49,60)(H,50,56)(H,51,57). The Labute approximate surface area is 366 Å². The maximum atomic E-state index is 14.1. The molecular weight excluding hydrogens is 805 g/mol. The second-order valence-corrected chi connectivity index (χ2v) is 17.2. The van der Waals surface area contributed by atoms with Crippen LogP contribution in [0.4, 0.5) is 0 Å². The molecule has 1 rings (SSSR count). The first-order valence-corrected chi connectivity index (χ1v) is 22.3. The summed E-state index contributed by atoms with van der Waals surface area (Å²) in [6, 6.07) is -7.13. The molecule has 0 aliphatic carbocycles. The van der Waals surface area contributed by atoms with Crippen molar-refractivity contribution in [2.75, 3.05) is 13.2 Å². The second-order valence-electron chi connectivity index (χ2n) is 17.2. The average Bonchev–Trinajstić information content (AvgIpc) is 3.18. The van der Waals surface area contributed by atoms with Crippen LogP contribution in [0.15, 0.2) is 4.99 Å². The number of amidine groups is 1. The third-order valence-corrected chi connectivity index (χ3v) is 10.8. The van der Waals surface area contributed by atoms with E-state index in [1.54, 1.807) is 34.6 Å². The van der Waals surface area contributed by atoms with Crippen LogP contribution in [0.3, 0.4) is 0 Å². The van der Waals surface area contributed by atoms with Gasteiger partial charge in [-0.15, -0.1) is 0 Å². The number of hydrogen-bond donors (Lipinski definition) is 9. The Morgan fingerprint density at radius 3 is 1.85 bits per heavy atom. The van der Waals surface area contributed by atoms with Crippen LogP contribution < -0.4 is 38.1 Å². The zero-order valence-electron chi connectivity index (χ0n) is 38.0. The fourth-order valence-corrected chi connectivity index (χ4v) is 6.95. The third-order valence-electron chi connectivity index (χ3n) is 10.8. The van der Waals surface area contributed by atoms with Gasteiger partial charge in [-0.2, -0.15) is 0 Å². The SMILES string of the molecule is CC(N)=NCCCCCCCCCCCCC(O)CC(=O)NC1C(=O)CC(C(C)C)C(=O)NC(C(C)C)C(=O)NC(CO)C(=O)NC(CCC(N)=O)C(=O)NC(C)C(=O)OC1C. The maximum Gasteiger partial charge on any atom is 0.328 e. The van der Waals surface area contributed by atoms with Crippen LogP contribution in [-0.2, 0) is 43.1 Å². The highest BCUT2D eigenvalue weighted by Gasteiger charge is 2.38. The second kappa shape index (κ2) is 29.6. The number of rotatable bonds is 22. The predicted octanol–water partition coefficient (Wildman–Crippen LogP) is 0.940. The summed E-state index contributed by atoms with van der Waals surface area (Å²) in [7, 11) is 0. The van der Waals surface area contributed by atoms with Crippen molar-refractivity contribution in [3.05, 3.63) is 0 Å². The summed E-state index contributed by atoms with van der Waals surface area (Å²) in [5.74, 6) is -8.00. The smallest absolute Gasteiger partial charge is 0.328 e. The number of amides is 6. The summed E-state index contributed by atoms with van der Waals surface area (Å²) in [6.07, 6.45) is 7.06. The lowest BCUT2D eigenvalue weighted by atomic mass is 9.86. The van der Waals surface area contributed by atoms with E-state index in [0.717, 1.165) is 51.5 Å². The molecule has 0 saturated carbocycles. The zero-order valence-corrected chi connectivity index (χ0v) is 38.0. The Morgan fingerprint density at radius 2 is 1.32 bits per heavy atom. The number of aliphatic imine (C=N–C) groups is 1. The third kappa shape index (κ3) is 21.9. The van der Waals surface area contributed by atoms with Gasteiger partial charge in [0, 0.05) is 25.3 Å². The Morgan fingerprint density at radius 1 is 0.774 bits per heavy atom. The number of carbonyl (C=O) groups excluding carboxylic acids is 8. The normalized spacial score (nSPS) is 24.5. The Bertz CT molecular complexity index is 1500. The molecule has 62 heavy (non-hydrogen) atoms. The molecule has 0 aromatic rings. The van der Waals surface area contributed by atoms with E-state index >= 15 is 0 Å². The van der Waals surface area contributed by atoms with E-state index in [-0.39, 0.29) is 19.3 Å². The lowest BCUT2D eigenvalue weighted by Gasteiger charge is -2.29. The van der Waals surface area contributed by atoms with Crippen LogP contribution in [0.1, 0.15) is 145 Å². The Kier molecular flexibility index (Phi) is 26.4. The van der Waals surface area contributed by atoms with Gasteiger partial charge in [-0.05, 0) is 51.9 Å². The van der Waals surface area contributed by atoms with E-state index in [0.29, 0.717) is 18.7 Å². The number of hydrogen-bond acceptors (Lipinski definition) is 12. The van der Waals surface area contributed by atoms with Crippen molar-refractivity contribution in [2.24, 2.45) is 34.2 Å². The Hall–Kier alpha value is -4.65. The highest BCUT2D eigenvalue weighted by Crippen LogP contribution is 2.21. The first-order valence-electron chi connectivity index (χ1n) is 22.3. The molecule has 6 amide bonds. The fourth-order valence-electron chi connectivity index (χ4n) is 6.95. The van der Waals surface area contributed by atoms with Gasteiger partial charge in [-0.25, -0.2) is 4.79 Å². The number of esters is 1. The zero-order chi connectivity index (χ0) is 46.9. The molecule has 0 spiro atoms. The predicted molar refractivity (Wildman–Crippen MR) is 233 cm³/mol. The maximum absolute atomic E-state index is 14.1. The number of ketones is 1. The topological polar surface area (TPSA) is 311 Å². The largest absolute Gasteiger partial charge is 0.458 e. The lowest BCUT2D eigenvalue weighted by Crippen LogP contribution is -2.59. The number of unbranched alkanes of at least 4 members (excludes halogenated alkanes) is 9. The van der Waals surface area contributed by atoms with Gasteiger partial charge in [0.1, 0.15) is 36.3 Å². The number of aliphatic hydroxyl groups is 2. The van der Waals surface area contributed by atoms with Crippen LogP contribution in [0, 0.1) is 17.8 Å². The quantitative estimate of drug-likeness (QED) is 0.0318. The minimum atomic E-state index is -1.59. The van der Waals surface area contributed by atoms with Crippen LogP contribution in [-0.4, -0.2) is 119 Å². The molecule has 1 aliphatic rings. The number of ether oxygens (including phenoxy) is 1. The molecule has 1 fully saturated rings.